The molecule has 20 heavy (non-hydrogen) atoms. The van der Waals surface area contributed by atoms with E-state index in [2.05, 4.69) is 4.74 Å². The Labute approximate surface area is 128 Å². The van der Waals surface area contributed by atoms with Gasteiger partial charge in [0.2, 0.25) is 0 Å². The van der Waals surface area contributed by atoms with Crippen LogP contribution in [0.3, 0.4) is 0 Å². The van der Waals surface area contributed by atoms with Gasteiger partial charge in [0, 0.05) is 0 Å². The molecule has 0 radical (unpaired) electrons. The van der Waals surface area contributed by atoms with Crippen LogP contribution in [0.4, 0.5) is 51.8 Å². The first-order chi connectivity index (χ1) is 7.91. The summed E-state index contributed by atoms with van der Waals surface area (Å²) in [7, 11) is -16.7. The molecule has 0 aromatic heterocycles. The number of halogens is 12. The van der Waals surface area contributed by atoms with Gasteiger partial charge >= 0.3 is 51.3 Å². The standard InChI is InChI=1S/C2H4O2.3BF4.Na.H/c1-4-2-3;3*2-1(3,4)5;;/h2H,1H3;;;;;/q;3*-1;+1;-1. The molecule has 0 aliphatic heterocycles. The van der Waals surface area contributed by atoms with Gasteiger partial charge in [-0.25, -0.2) is 0 Å². The molecule has 122 valence electrons. The van der Waals surface area contributed by atoms with Gasteiger partial charge < -0.3 is 58.0 Å². The first-order valence-electron chi connectivity index (χ1n) is 3.50. The molecule has 0 amide bonds. The molecule has 0 heterocycles. The number of carbonyl (C=O) groups excluding carboxylic acids is 1. The van der Waals surface area contributed by atoms with E-state index in [9.17, 15) is 51.8 Å². The molecule has 0 aromatic rings. The summed E-state index contributed by atoms with van der Waals surface area (Å²) in [6, 6.07) is 0. The minimum Gasteiger partial charge on any atom is -1.00 e. The molecule has 0 atom stereocenters. The smallest absolute Gasteiger partial charge is 1.00 e. The molecule has 18 heteroatoms. The van der Waals surface area contributed by atoms with Crippen molar-refractivity contribution in [2.75, 3.05) is 7.11 Å². The Morgan fingerprint density at radius 2 is 0.750 bits per heavy atom. The fourth-order valence-corrected chi connectivity index (χ4v) is 0. The Bertz CT molecular complexity index is 160. The van der Waals surface area contributed by atoms with E-state index in [4.69, 9.17) is 4.79 Å². The van der Waals surface area contributed by atoms with E-state index in [0.717, 1.165) is 0 Å². The van der Waals surface area contributed by atoms with Crippen LogP contribution in [0.15, 0.2) is 0 Å². The van der Waals surface area contributed by atoms with Crippen molar-refractivity contribution in [1.82, 2.24) is 0 Å². The summed E-state index contributed by atoms with van der Waals surface area (Å²) >= 11 is 0. The second-order valence-electron chi connectivity index (χ2n) is 1.82. The predicted octanol–water partition coefficient (Wildman–Crippen LogP) is 0.806. The molecule has 0 saturated carbocycles. The van der Waals surface area contributed by atoms with E-state index in [1.807, 2.05) is 0 Å². The summed E-state index contributed by atoms with van der Waals surface area (Å²) in [5.74, 6) is 0. The normalized spacial score (nSPS) is 10.1. The molecular weight excluding hydrogens is 339 g/mol. The molecule has 0 aliphatic rings. The average Bonchev–Trinajstić information content (AvgIpc) is 1.93. The molecular formula is C2H5B3F12NaO2-3. The molecule has 0 spiro atoms. The van der Waals surface area contributed by atoms with Crippen molar-refractivity contribution in [2.24, 2.45) is 0 Å². The molecule has 0 unspecified atom stereocenters. The van der Waals surface area contributed by atoms with Crippen molar-refractivity contribution in [3.05, 3.63) is 0 Å². The number of methoxy groups -OCH3 is 1. The van der Waals surface area contributed by atoms with E-state index in [1.54, 1.807) is 0 Å². The van der Waals surface area contributed by atoms with Crippen molar-refractivity contribution < 1.29 is 92.3 Å². The van der Waals surface area contributed by atoms with Gasteiger partial charge in [0.05, 0.1) is 7.11 Å². The third-order valence-corrected chi connectivity index (χ3v) is 0.0962. The van der Waals surface area contributed by atoms with Crippen LogP contribution in [0.2, 0.25) is 0 Å². The number of rotatable bonds is 1. The summed E-state index contributed by atoms with van der Waals surface area (Å²) in [6.07, 6.45) is 0. The van der Waals surface area contributed by atoms with E-state index >= 15 is 0 Å². The zero-order chi connectivity index (χ0) is 16.9. The first kappa shape index (κ1) is 32.0. The van der Waals surface area contributed by atoms with Crippen molar-refractivity contribution in [3.8, 4) is 0 Å². The summed E-state index contributed by atoms with van der Waals surface area (Å²) in [5.41, 5.74) is 0. The van der Waals surface area contributed by atoms with Gasteiger partial charge in [-0.05, 0) is 0 Å². The Morgan fingerprint density at radius 3 is 0.750 bits per heavy atom. The fraction of sp³-hybridized carbons (Fsp3) is 0.500. The predicted molar refractivity (Wildman–Crippen MR) is 44.7 cm³/mol. The average molecular weight is 344 g/mol. The monoisotopic (exact) mass is 345 g/mol. The number of ether oxygens (including phenoxy) is 1. The maximum atomic E-state index is 9.75. The number of hydrogen-bond acceptors (Lipinski definition) is 2. The summed E-state index contributed by atoms with van der Waals surface area (Å²) in [4.78, 5) is 8.95. The van der Waals surface area contributed by atoms with Crippen LogP contribution in [0, 0.1) is 0 Å². The zero-order valence-corrected chi connectivity index (χ0v) is 11.7. The Morgan fingerprint density at radius 1 is 0.700 bits per heavy atom. The van der Waals surface area contributed by atoms with Crippen LogP contribution < -0.4 is 29.6 Å². The topological polar surface area (TPSA) is 26.3 Å². The van der Waals surface area contributed by atoms with Gasteiger partial charge in [0.25, 0.3) is 6.47 Å². The molecule has 2 nitrogen and oxygen atoms in total. The minimum atomic E-state index is -6.00. The third kappa shape index (κ3) is 7420. The Balaban J connectivity index is -0.0000000347. The molecule has 0 saturated heterocycles. The third-order valence-electron chi connectivity index (χ3n) is 0.0962. The molecule has 0 rings (SSSR count). The molecule has 0 aromatic carbocycles. The molecule has 0 fully saturated rings. The zero-order valence-electron chi connectivity index (χ0n) is 10.7. The summed E-state index contributed by atoms with van der Waals surface area (Å²) in [6.45, 7) is 0.375. The van der Waals surface area contributed by atoms with Crippen LogP contribution in [0.5, 0.6) is 0 Å². The SMILES string of the molecule is COC=O.F[B-](F)(F)F.F[B-](F)(F)F.F[B-](F)(F)F.[H-].[Na+]. The minimum absolute atomic E-state index is 0. The first-order valence-corrected chi connectivity index (χ1v) is 3.50. The van der Waals surface area contributed by atoms with Crippen LogP contribution in [-0.4, -0.2) is 35.3 Å². The van der Waals surface area contributed by atoms with Gasteiger partial charge in [-0.3, -0.25) is 4.79 Å². The maximum Gasteiger partial charge on any atom is 1.00 e. The van der Waals surface area contributed by atoms with Crippen molar-refractivity contribution in [2.45, 2.75) is 0 Å². The van der Waals surface area contributed by atoms with Crippen LogP contribution >= 0.6 is 0 Å². The van der Waals surface area contributed by atoms with Crippen molar-refractivity contribution >= 4 is 28.2 Å². The number of hydrogen-bond donors (Lipinski definition) is 0. The van der Waals surface area contributed by atoms with Gasteiger partial charge in [-0.15, -0.1) is 0 Å². The van der Waals surface area contributed by atoms with Crippen LogP contribution in [0.25, 0.3) is 0 Å². The fourth-order valence-electron chi connectivity index (χ4n) is 0. The second-order valence-corrected chi connectivity index (χ2v) is 1.82. The Hall–Kier alpha value is -0.175. The number of carbonyl (C=O) groups is 1. The quantitative estimate of drug-likeness (QED) is 0.400. The molecule has 0 bridgehead atoms. The molecule has 0 aliphatic carbocycles. The van der Waals surface area contributed by atoms with E-state index in [-0.39, 0.29) is 31.0 Å². The van der Waals surface area contributed by atoms with E-state index < -0.39 is 21.8 Å². The maximum absolute atomic E-state index is 9.75. The van der Waals surface area contributed by atoms with E-state index in [1.165, 1.54) is 7.11 Å². The Kier molecular flexibility index (Phi) is 24.3. The summed E-state index contributed by atoms with van der Waals surface area (Å²) < 4.78 is 121. The van der Waals surface area contributed by atoms with Crippen molar-refractivity contribution in [1.29, 1.82) is 0 Å². The van der Waals surface area contributed by atoms with Gasteiger partial charge in [0.15, 0.2) is 0 Å². The molecule has 0 N–H and O–H groups in total. The van der Waals surface area contributed by atoms with Gasteiger partial charge in [-0.1, -0.05) is 0 Å². The van der Waals surface area contributed by atoms with Crippen LogP contribution in [-0.2, 0) is 9.53 Å². The largest absolute Gasteiger partial charge is 1.00 e. The van der Waals surface area contributed by atoms with E-state index in [0.29, 0.717) is 6.47 Å². The summed E-state index contributed by atoms with van der Waals surface area (Å²) in [5, 5.41) is 0. The van der Waals surface area contributed by atoms with Crippen LogP contribution in [0.1, 0.15) is 1.43 Å². The van der Waals surface area contributed by atoms with Gasteiger partial charge in [0.1, 0.15) is 0 Å². The second kappa shape index (κ2) is 15.2. The van der Waals surface area contributed by atoms with Gasteiger partial charge in [-0.2, -0.15) is 0 Å². The van der Waals surface area contributed by atoms with Crippen molar-refractivity contribution in [3.63, 3.8) is 0 Å².